The van der Waals surface area contributed by atoms with E-state index in [9.17, 15) is 14.0 Å². The van der Waals surface area contributed by atoms with Crippen molar-refractivity contribution in [1.29, 1.82) is 0 Å². The van der Waals surface area contributed by atoms with Crippen LogP contribution in [0.25, 0.3) is 0 Å². The normalized spacial score (nSPS) is 16.1. The van der Waals surface area contributed by atoms with Crippen LogP contribution in [0.15, 0.2) is 42.5 Å². The molecule has 1 heterocycles. The molecule has 1 fully saturated rings. The van der Waals surface area contributed by atoms with Gasteiger partial charge < -0.3 is 16.0 Å². The van der Waals surface area contributed by atoms with Gasteiger partial charge in [0, 0.05) is 30.3 Å². The Hall–Kier alpha value is -2.44. The van der Waals surface area contributed by atoms with Crippen LogP contribution in [-0.2, 0) is 11.3 Å². The molecule has 2 aromatic carbocycles. The first-order chi connectivity index (χ1) is 13.0. The van der Waals surface area contributed by atoms with Crippen molar-refractivity contribution in [3.63, 3.8) is 0 Å². The van der Waals surface area contributed by atoms with Crippen LogP contribution < -0.4 is 16.0 Å². The summed E-state index contributed by atoms with van der Waals surface area (Å²) >= 11 is 6.12. The molecule has 1 saturated heterocycles. The average Bonchev–Trinajstić information content (AvgIpc) is 3.15. The zero-order chi connectivity index (χ0) is 19.2. The van der Waals surface area contributed by atoms with Crippen LogP contribution in [0.1, 0.15) is 35.2 Å². The number of hydrogen-bond acceptors (Lipinski definition) is 3. The molecule has 3 rings (SSSR count). The molecule has 1 aliphatic rings. The minimum Gasteiger partial charge on any atom is -0.348 e. The number of carbonyl (C=O) groups excluding carboxylic acids is 2. The molecule has 0 aliphatic carbocycles. The SMILES string of the molecule is O=C(CC1CCCN1)Nc1ccc(Cl)c(C(=O)NCc2ccccc2F)c1. The van der Waals surface area contributed by atoms with Gasteiger partial charge in [-0.25, -0.2) is 4.39 Å². The molecule has 142 valence electrons. The average molecular weight is 390 g/mol. The van der Waals surface area contributed by atoms with Gasteiger partial charge in [-0.3, -0.25) is 9.59 Å². The third-order valence-corrected chi connectivity index (χ3v) is 4.82. The molecular formula is C20H21ClFN3O2. The first kappa shape index (κ1) is 19.3. The monoisotopic (exact) mass is 389 g/mol. The van der Waals surface area contributed by atoms with Gasteiger partial charge in [-0.1, -0.05) is 29.8 Å². The molecule has 7 heteroatoms. The summed E-state index contributed by atoms with van der Waals surface area (Å²) in [6.45, 7) is 0.983. The Kier molecular flexibility index (Phi) is 6.42. The molecule has 2 aromatic rings. The fourth-order valence-corrected chi connectivity index (χ4v) is 3.26. The zero-order valence-electron chi connectivity index (χ0n) is 14.7. The third-order valence-electron chi connectivity index (χ3n) is 4.49. The van der Waals surface area contributed by atoms with Crippen LogP contribution >= 0.6 is 11.6 Å². The van der Waals surface area contributed by atoms with Gasteiger partial charge in [0.15, 0.2) is 0 Å². The second-order valence-electron chi connectivity index (χ2n) is 6.51. The van der Waals surface area contributed by atoms with Crippen molar-refractivity contribution in [3.05, 3.63) is 64.4 Å². The van der Waals surface area contributed by atoms with Gasteiger partial charge in [-0.05, 0) is 43.7 Å². The van der Waals surface area contributed by atoms with Crippen molar-refractivity contribution >= 4 is 29.1 Å². The number of halogens is 2. The molecule has 1 aliphatic heterocycles. The Morgan fingerprint density at radius 1 is 1.22 bits per heavy atom. The smallest absolute Gasteiger partial charge is 0.253 e. The van der Waals surface area contributed by atoms with E-state index >= 15 is 0 Å². The quantitative estimate of drug-likeness (QED) is 0.708. The summed E-state index contributed by atoms with van der Waals surface area (Å²) in [6, 6.07) is 11.2. The van der Waals surface area contributed by atoms with Gasteiger partial charge in [0.05, 0.1) is 10.6 Å². The molecule has 0 radical (unpaired) electrons. The molecule has 3 N–H and O–H groups in total. The predicted octanol–water partition coefficient (Wildman–Crippen LogP) is 3.49. The maximum atomic E-state index is 13.7. The second-order valence-corrected chi connectivity index (χ2v) is 6.92. The lowest BCUT2D eigenvalue weighted by Gasteiger charge is -2.12. The molecule has 2 amide bonds. The van der Waals surface area contributed by atoms with Crippen LogP contribution in [0.5, 0.6) is 0 Å². The van der Waals surface area contributed by atoms with Gasteiger partial charge in [0.2, 0.25) is 5.91 Å². The number of carbonyl (C=O) groups is 2. The standard InChI is InChI=1S/C20H21ClFN3O2/c21-17-8-7-15(25-19(26)11-14-5-3-9-23-14)10-16(17)20(27)24-12-13-4-1-2-6-18(13)22/h1-2,4,6-8,10,14,23H,3,5,9,11-12H2,(H,24,27)(H,25,26). The molecule has 1 atom stereocenters. The highest BCUT2D eigenvalue weighted by molar-refractivity contribution is 6.34. The van der Waals surface area contributed by atoms with Crippen molar-refractivity contribution in [2.75, 3.05) is 11.9 Å². The fraction of sp³-hybridized carbons (Fsp3) is 0.300. The lowest BCUT2D eigenvalue weighted by atomic mass is 10.1. The Balaban J connectivity index is 1.62. The van der Waals surface area contributed by atoms with Gasteiger partial charge in [-0.15, -0.1) is 0 Å². The Bertz CT molecular complexity index is 838. The zero-order valence-corrected chi connectivity index (χ0v) is 15.5. The van der Waals surface area contributed by atoms with E-state index in [1.807, 2.05) is 0 Å². The van der Waals surface area contributed by atoms with Crippen LogP contribution in [0.4, 0.5) is 10.1 Å². The highest BCUT2D eigenvalue weighted by Gasteiger charge is 2.18. The minimum absolute atomic E-state index is 0.0474. The molecule has 1 unspecified atom stereocenters. The lowest BCUT2D eigenvalue weighted by molar-refractivity contribution is -0.116. The van der Waals surface area contributed by atoms with E-state index in [-0.39, 0.29) is 34.9 Å². The van der Waals surface area contributed by atoms with E-state index in [0.29, 0.717) is 17.7 Å². The Morgan fingerprint density at radius 3 is 2.78 bits per heavy atom. The van der Waals surface area contributed by atoms with Crippen LogP contribution in [0, 0.1) is 5.82 Å². The van der Waals surface area contributed by atoms with Crippen LogP contribution in [-0.4, -0.2) is 24.4 Å². The maximum absolute atomic E-state index is 13.7. The van der Waals surface area contributed by atoms with E-state index in [4.69, 9.17) is 11.6 Å². The van der Waals surface area contributed by atoms with Crippen LogP contribution in [0.2, 0.25) is 5.02 Å². The predicted molar refractivity (Wildman–Crippen MR) is 103 cm³/mol. The van der Waals surface area contributed by atoms with Crippen molar-refractivity contribution < 1.29 is 14.0 Å². The van der Waals surface area contributed by atoms with Gasteiger partial charge in [0.1, 0.15) is 5.82 Å². The number of anilines is 1. The van der Waals surface area contributed by atoms with E-state index in [1.54, 1.807) is 30.3 Å². The maximum Gasteiger partial charge on any atom is 0.253 e. The number of hydrogen-bond donors (Lipinski definition) is 3. The molecule has 5 nitrogen and oxygen atoms in total. The van der Waals surface area contributed by atoms with Crippen molar-refractivity contribution in [2.24, 2.45) is 0 Å². The Labute approximate surface area is 162 Å². The number of rotatable bonds is 6. The first-order valence-electron chi connectivity index (χ1n) is 8.87. The summed E-state index contributed by atoms with van der Waals surface area (Å²) < 4.78 is 13.7. The largest absolute Gasteiger partial charge is 0.348 e. The van der Waals surface area contributed by atoms with E-state index < -0.39 is 5.91 Å². The highest BCUT2D eigenvalue weighted by atomic mass is 35.5. The lowest BCUT2D eigenvalue weighted by Crippen LogP contribution is -2.27. The van der Waals surface area contributed by atoms with Gasteiger partial charge in [0.25, 0.3) is 5.91 Å². The van der Waals surface area contributed by atoms with Gasteiger partial charge in [-0.2, -0.15) is 0 Å². The van der Waals surface area contributed by atoms with Crippen molar-refractivity contribution in [2.45, 2.75) is 31.8 Å². The second kappa shape index (κ2) is 8.97. The van der Waals surface area contributed by atoms with E-state index in [2.05, 4.69) is 16.0 Å². The van der Waals surface area contributed by atoms with Gasteiger partial charge >= 0.3 is 0 Å². The molecule has 0 bridgehead atoms. The molecule has 0 aromatic heterocycles. The van der Waals surface area contributed by atoms with Crippen LogP contribution in [0.3, 0.4) is 0 Å². The fourth-order valence-electron chi connectivity index (χ4n) is 3.06. The summed E-state index contributed by atoms with van der Waals surface area (Å²) in [5.74, 6) is -0.934. The summed E-state index contributed by atoms with van der Waals surface area (Å²) in [7, 11) is 0. The summed E-state index contributed by atoms with van der Waals surface area (Å²) in [6.07, 6.45) is 2.44. The first-order valence-corrected chi connectivity index (χ1v) is 9.25. The van der Waals surface area contributed by atoms with E-state index in [0.717, 1.165) is 19.4 Å². The summed E-state index contributed by atoms with van der Waals surface area (Å²) in [4.78, 5) is 24.6. The number of amides is 2. The van der Waals surface area contributed by atoms with Crippen molar-refractivity contribution in [3.8, 4) is 0 Å². The number of nitrogens with one attached hydrogen (secondary N) is 3. The minimum atomic E-state index is -0.434. The summed E-state index contributed by atoms with van der Waals surface area (Å²) in [5.41, 5.74) is 1.11. The number of benzene rings is 2. The molecule has 0 saturated carbocycles. The highest BCUT2D eigenvalue weighted by Crippen LogP contribution is 2.21. The van der Waals surface area contributed by atoms with Crippen molar-refractivity contribution in [1.82, 2.24) is 10.6 Å². The molecular weight excluding hydrogens is 369 g/mol. The molecule has 27 heavy (non-hydrogen) atoms. The summed E-state index contributed by atoms with van der Waals surface area (Å²) in [5, 5.41) is 8.98. The third kappa shape index (κ3) is 5.28. The Morgan fingerprint density at radius 2 is 2.04 bits per heavy atom. The topological polar surface area (TPSA) is 70.2 Å². The van der Waals surface area contributed by atoms with E-state index in [1.165, 1.54) is 12.1 Å². The molecule has 0 spiro atoms.